The maximum Gasteiger partial charge on any atom is 0.213 e. The molecule has 0 saturated heterocycles. The highest BCUT2D eigenvalue weighted by atomic mass is 16.1. The molecule has 0 saturated carbocycles. The molecule has 5 heteroatoms. The molecule has 1 N–H and O–H groups in total. The van der Waals surface area contributed by atoms with E-state index >= 15 is 0 Å². The fourth-order valence-electron chi connectivity index (χ4n) is 2.25. The van der Waals surface area contributed by atoms with Gasteiger partial charge >= 0.3 is 0 Å². The van der Waals surface area contributed by atoms with E-state index in [4.69, 9.17) is 0 Å². The fourth-order valence-corrected chi connectivity index (χ4v) is 2.25. The molecule has 2 aromatic rings. The van der Waals surface area contributed by atoms with Crippen molar-refractivity contribution in [1.82, 2.24) is 4.98 Å². The molecule has 110 valence electrons. The van der Waals surface area contributed by atoms with Crippen molar-refractivity contribution in [3.8, 4) is 0 Å². The zero-order valence-corrected chi connectivity index (χ0v) is 12.8. The van der Waals surface area contributed by atoms with E-state index < -0.39 is 0 Å². The number of carbonyl (C=O) groups excluding carboxylic acids is 1. The van der Waals surface area contributed by atoms with Crippen LogP contribution in [0.2, 0.25) is 0 Å². The lowest BCUT2D eigenvalue weighted by Crippen LogP contribution is -2.19. The number of amides is 1. The van der Waals surface area contributed by atoms with Crippen molar-refractivity contribution < 1.29 is 4.79 Å². The number of hydrogen-bond acceptors (Lipinski definition) is 4. The van der Waals surface area contributed by atoms with Gasteiger partial charge in [0.15, 0.2) is 0 Å². The minimum atomic E-state index is 0.806. The largest absolute Gasteiger partial charge is 0.373 e. The van der Waals surface area contributed by atoms with Crippen molar-refractivity contribution in [3.05, 3.63) is 42.1 Å². The Morgan fingerprint density at radius 1 is 1.19 bits per heavy atom. The first kappa shape index (κ1) is 14.8. The average Bonchev–Trinajstić information content (AvgIpc) is 2.53. The molecule has 0 aliphatic carbocycles. The third-order valence-electron chi connectivity index (χ3n) is 3.47. The number of benzene rings is 1. The third kappa shape index (κ3) is 2.97. The van der Waals surface area contributed by atoms with E-state index in [0.29, 0.717) is 0 Å². The summed E-state index contributed by atoms with van der Waals surface area (Å²) in [6.45, 7) is 2.01. The summed E-state index contributed by atoms with van der Waals surface area (Å²) in [6, 6.07) is 9.84. The van der Waals surface area contributed by atoms with Gasteiger partial charge < -0.3 is 15.1 Å². The normalized spacial score (nSPS) is 10.1. The smallest absolute Gasteiger partial charge is 0.213 e. The standard InChI is InChI=1S/C16H20N4O/c1-12-9-13(10-18-16(12)17-2)20(4)15-8-6-5-7-14(15)19(3)11-21/h5-11H,1-4H3,(H,17,18). The summed E-state index contributed by atoms with van der Waals surface area (Å²) in [6.07, 6.45) is 2.62. The highest BCUT2D eigenvalue weighted by molar-refractivity contribution is 5.85. The SMILES string of the molecule is CNc1ncc(N(C)c2ccccc2N(C)C=O)cc1C. The van der Waals surface area contributed by atoms with E-state index in [1.54, 1.807) is 11.9 Å². The summed E-state index contributed by atoms with van der Waals surface area (Å²) in [7, 11) is 5.56. The lowest BCUT2D eigenvalue weighted by atomic mass is 10.2. The fraction of sp³-hybridized carbons (Fsp3) is 0.250. The van der Waals surface area contributed by atoms with Crippen molar-refractivity contribution in [1.29, 1.82) is 0 Å². The molecule has 1 aromatic carbocycles. The second-order valence-electron chi connectivity index (χ2n) is 4.87. The molecule has 5 nitrogen and oxygen atoms in total. The zero-order chi connectivity index (χ0) is 15.4. The first-order valence-corrected chi connectivity index (χ1v) is 6.73. The topological polar surface area (TPSA) is 48.5 Å². The zero-order valence-electron chi connectivity index (χ0n) is 12.8. The number of nitrogens with zero attached hydrogens (tertiary/aromatic N) is 3. The molecule has 1 heterocycles. The molecule has 0 atom stereocenters. The monoisotopic (exact) mass is 284 g/mol. The van der Waals surface area contributed by atoms with Gasteiger partial charge in [0.2, 0.25) is 6.41 Å². The highest BCUT2D eigenvalue weighted by Crippen LogP contribution is 2.32. The van der Waals surface area contributed by atoms with Gasteiger partial charge in [-0.15, -0.1) is 0 Å². The van der Waals surface area contributed by atoms with Gasteiger partial charge in [0.05, 0.1) is 23.3 Å². The second-order valence-corrected chi connectivity index (χ2v) is 4.87. The minimum absolute atomic E-state index is 0.806. The van der Waals surface area contributed by atoms with Crippen LogP contribution in [0.15, 0.2) is 36.5 Å². The molecule has 0 fully saturated rings. The third-order valence-corrected chi connectivity index (χ3v) is 3.47. The van der Waals surface area contributed by atoms with E-state index in [1.807, 2.05) is 56.4 Å². The van der Waals surface area contributed by atoms with Gasteiger partial charge in [-0.2, -0.15) is 0 Å². The second kappa shape index (κ2) is 6.26. The van der Waals surface area contributed by atoms with Crippen LogP contribution >= 0.6 is 0 Å². The van der Waals surface area contributed by atoms with Crippen LogP contribution in [-0.4, -0.2) is 32.5 Å². The van der Waals surface area contributed by atoms with E-state index in [-0.39, 0.29) is 0 Å². The molecule has 0 radical (unpaired) electrons. The van der Waals surface area contributed by atoms with Crippen LogP contribution in [0.1, 0.15) is 5.56 Å². The number of aryl methyl sites for hydroxylation is 1. The number of pyridine rings is 1. The number of para-hydroxylation sites is 2. The van der Waals surface area contributed by atoms with Gasteiger partial charge in [-0.1, -0.05) is 12.1 Å². The number of nitrogens with one attached hydrogen (secondary N) is 1. The van der Waals surface area contributed by atoms with Gasteiger partial charge in [0, 0.05) is 21.1 Å². The number of hydrogen-bond donors (Lipinski definition) is 1. The summed E-state index contributed by atoms with van der Waals surface area (Å²) in [5.41, 5.74) is 3.84. The van der Waals surface area contributed by atoms with Crippen molar-refractivity contribution in [2.75, 3.05) is 36.3 Å². The Kier molecular flexibility index (Phi) is 4.42. The van der Waals surface area contributed by atoms with Crippen LogP contribution in [0, 0.1) is 6.92 Å². The van der Waals surface area contributed by atoms with Gasteiger partial charge in [-0.3, -0.25) is 4.79 Å². The predicted octanol–water partition coefficient (Wildman–Crippen LogP) is 2.79. The molecule has 2 rings (SSSR count). The van der Waals surface area contributed by atoms with Gasteiger partial charge in [-0.25, -0.2) is 4.98 Å². The van der Waals surface area contributed by atoms with Crippen molar-refractivity contribution >= 4 is 29.3 Å². The summed E-state index contributed by atoms with van der Waals surface area (Å²) in [4.78, 5) is 19.0. The lowest BCUT2D eigenvalue weighted by Gasteiger charge is -2.25. The Balaban J connectivity index is 2.42. The quantitative estimate of drug-likeness (QED) is 0.858. The van der Waals surface area contributed by atoms with Crippen molar-refractivity contribution in [3.63, 3.8) is 0 Å². The van der Waals surface area contributed by atoms with Crippen LogP contribution in [-0.2, 0) is 4.79 Å². The summed E-state index contributed by atoms with van der Waals surface area (Å²) in [5, 5.41) is 3.06. The minimum Gasteiger partial charge on any atom is -0.373 e. The van der Waals surface area contributed by atoms with E-state index in [0.717, 1.165) is 34.9 Å². The molecule has 0 aliphatic rings. The number of rotatable bonds is 5. The molecular weight excluding hydrogens is 264 g/mol. The molecule has 0 bridgehead atoms. The Morgan fingerprint density at radius 2 is 1.86 bits per heavy atom. The summed E-state index contributed by atoms with van der Waals surface area (Å²) in [5.74, 6) is 0.866. The molecule has 0 aliphatic heterocycles. The molecular formula is C16H20N4O. The molecule has 21 heavy (non-hydrogen) atoms. The number of carbonyl (C=O) groups is 1. The molecule has 1 amide bonds. The maximum absolute atomic E-state index is 11.0. The molecule has 1 aromatic heterocycles. The van der Waals surface area contributed by atoms with E-state index in [9.17, 15) is 4.79 Å². The maximum atomic E-state index is 11.0. The van der Waals surface area contributed by atoms with Crippen LogP contribution in [0.4, 0.5) is 22.9 Å². The summed E-state index contributed by atoms with van der Waals surface area (Å²) < 4.78 is 0. The number of aromatic nitrogens is 1. The van der Waals surface area contributed by atoms with Crippen LogP contribution in [0.3, 0.4) is 0 Å². The Labute approximate surface area is 125 Å². The van der Waals surface area contributed by atoms with Crippen LogP contribution < -0.4 is 15.1 Å². The van der Waals surface area contributed by atoms with E-state index in [1.165, 1.54) is 0 Å². The number of anilines is 4. The van der Waals surface area contributed by atoms with Gasteiger partial charge in [0.25, 0.3) is 0 Å². The lowest BCUT2D eigenvalue weighted by molar-refractivity contribution is -0.107. The predicted molar refractivity (Wildman–Crippen MR) is 87.5 cm³/mol. The van der Waals surface area contributed by atoms with E-state index in [2.05, 4.69) is 16.4 Å². The van der Waals surface area contributed by atoms with Gasteiger partial charge in [-0.05, 0) is 30.7 Å². The Hall–Kier alpha value is -2.56. The van der Waals surface area contributed by atoms with Crippen molar-refractivity contribution in [2.24, 2.45) is 0 Å². The average molecular weight is 284 g/mol. The van der Waals surface area contributed by atoms with Crippen LogP contribution in [0.5, 0.6) is 0 Å². The molecule has 0 spiro atoms. The highest BCUT2D eigenvalue weighted by Gasteiger charge is 2.12. The molecule has 0 unspecified atom stereocenters. The Bertz CT molecular complexity index is 642. The first-order valence-electron chi connectivity index (χ1n) is 6.73. The van der Waals surface area contributed by atoms with Gasteiger partial charge in [0.1, 0.15) is 5.82 Å². The van der Waals surface area contributed by atoms with Crippen LogP contribution in [0.25, 0.3) is 0 Å². The first-order chi connectivity index (χ1) is 10.1. The van der Waals surface area contributed by atoms with Crippen molar-refractivity contribution in [2.45, 2.75) is 6.92 Å². The Morgan fingerprint density at radius 3 is 2.43 bits per heavy atom. The summed E-state index contributed by atoms with van der Waals surface area (Å²) >= 11 is 0.